The summed E-state index contributed by atoms with van der Waals surface area (Å²) < 4.78 is 0. The number of likely N-dealkylation sites (tertiary alicyclic amines) is 1. The minimum absolute atomic E-state index is 0.130. The maximum atomic E-state index is 13.0. The summed E-state index contributed by atoms with van der Waals surface area (Å²) in [4.78, 5) is 37.9. The molecule has 2 aliphatic heterocycles. The van der Waals surface area contributed by atoms with Crippen LogP contribution < -0.4 is 0 Å². The van der Waals surface area contributed by atoms with E-state index in [1.165, 1.54) is 25.7 Å². The largest absolute Gasteiger partial charge is 0.342 e. The highest BCUT2D eigenvalue weighted by atomic mass is 16.2. The maximum absolute atomic E-state index is 13.0. The minimum Gasteiger partial charge on any atom is -0.342 e. The first-order valence-electron chi connectivity index (χ1n) is 10.5. The van der Waals surface area contributed by atoms with Crippen LogP contribution in [0.3, 0.4) is 0 Å². The summed E-state index contributed by atoms with van der Waals surface area (Å²) in [5.41, 5.74) is 2.20. The fourth-order valence-corrected chi connectivity index (χ4v) is 5.54. The molecule has 0 spiro atoms. The van der Waals surface area contributed by atoms with Crippen LogP contribution in [0.15, 0.2) is 6.20 Å². The zero-order valence-electron chi connectivity index (χ0n) is 16.1. The smallest absolute Gasteiger partial charge is 0.226 e. The van der Waals surface area contributed by atoms with Crippen LogP contribution in [0.25, 0.3) is 0 Å². The van der Waals surface area contributed by atoms with Gasteiger partial charge in [0, 0.05) is 63.1 Å². The molecule has 3 heterocycles. The van der Waals surface area contributed by atoms with E-state index in [2.05, 4.69) is 4.98 Å². The summed E-state index contributed by atoms with van der Waals surface area (Å²) >= 11 is 0. The van der Waals surface area contributed by atoms with Crippen molar-refractivity contribution in [1.82, 2.24) is 19.8 Å². The van der Waals surface area contributed by atoms with Crippen LogP contribution in [-0.4, -0.2) is 51.2 Å². The second kappa shape index (κ2) is 6.57. The number of fused-ring (bicyclic) bond motifs is 2. The summed E-state index contributed by atoms with van der Waals surface area (Å²) in [5, 5.41) is 0. The fraction of sp³-hybridized carbons (Fsp3) is 0.714. The highest BCUT2D eigenvalue weighted by Crippen LogP contribution is 2.56. The van der Waals surface area contributed by atoms with Crippen molar-refractivity contribution in [3.63, 3.8) is 0 Å². The lowest BCUT2D eigenvalue weighted by molar-refractivity contribution is -0.134. The molecule has 3 fully saturated rings. The Hall–Kier alpha value is -1.98. The Balaban J connectivity index is 1.26. The van der Waals surface area contributed by atoms with Crippen molar-refractivity contribution in [3.05, 3.63) is 23.3 Å². The van der Waals surface area contributed by atoms with Crippen molar-refractivity contribution in [1.29, 1.82) is 0 Å². The SMILES string of the molecule is CC(=O)N1CCC(c2ncc3c(n2)CCN(C(=O)C2C4CCCCC42)C3)C1. The predicted molar refractivity (Wildman–Crippen MR) is 99.7 cm³/mol. The third-order valence-electron chi connectivity index (χ3n) is 7.20. The van der Waals surface area contributed by atoms with Gasteiger partial charge >= 0.3 is 0 Å². The van der Waals surface area contributed by atoms with Crippen LogP contribution in [0.4, 0.5) is 0 Å². The number of nitrogens with zero attached hydrogens (tertiary/aromatic N) is 4. The molecular formula is C21H28N4O2. The van der Waals surface area contributed by atoms with Crippen LogP contribution in [0.2, 0.25) is 0 Å². The van der Waals surface area contributed by atoms with Gasteiger partial charge < -0.3 is 9.80 Å². The Labute approximate surface area is 160 Å². The van der Waals surface area contributed by atoms with Crippen molar-refractivity contribution in [2.24, 2.45) is 17.8 Å². The van der Waals surface area contributed by atoms with E-state index in [1.807, 2.05) is 16.0 Å². The highest BCUT2D eigenvalue weighted by Gasteiger charge is 2.55. The number of rotatable bonds is 2. The fourth-order valence-electron chi connectivity index (χ4n) is 5.54. The lowest BCUT2D eigenvalue weighted by Gasteiger charge is -2.29. The molecule has 2 aliphatic carbocycles. The van der Waals surface area contributed by atoms with Crippen molar-refractivity contribution < 1.29 is 9.59 Å². The first kappa shape index (κ1) is 17.1. The average Bonchev–Trinajstić information content (AvgIpc) is 3.19. The summed E-state index contributed by atoms with van der Waals surface area (Å²) in [6, 6.07) is 0. The lowest BCUT2D eigenvalue weighted by Crippen LogP contribution is -2.38. The van der Waals surface area contributed by atoms with E-state index >= 15 is 0 Å². The quantitative estimate of drug-likeness (QED) is 0.802. The Kier molecular flexibility index (Phi) is 4.17. The minimum atomic E-state index is 0.130. The van der Waals surface area contributed by atoms with Crippen LogP contribution in [0.5, 0.6) is 0 Å². The molecule has 1 saturated heterocycles. The molecule has 4 aliphatic rings. The van der Waals surface area contributed by atoms with Gasteiger partial charge in [-0.05, 0) is 31.1 Å². The molecule has 144 valence electrons. The van der Waals surface area contributed by atoms with Crippen LogP contribution in [-0.2, 0) is 22.6 Å². The molecule has 3 unspecified atom stereocenters. The van der Waals surface area contributed by atoms with E-state index in [9.17, 15) is 9.59 Å². The van der Waals surface area contributed by atoms with Crippen molar-refractivity contribution in [2.45, 2.75) is 57.9 Å². The molecule has 5 rings (SSSR count). The van der Waals surface area contributed by atoms with Gasteiger partial charge in [0.1, 0.15) is 5.82 Å². The number of hydrogen-bond acceptors (Lipinski definition) is 4. The number of aromatic nitrogens is 2. The predicted octanol–water partition coefficient (Wildman–Crippen LogP) is 2.13. The average molecular weight is 368 g/mol. The highest BCUT2D eigenvalue weighted by molar-refractivity contribution is 5.82. The van der Waals surface area contributed by atoms with E-state index in [4.69, 9.17) is 4.98 Å². The third kappa shape index (κ3) is 3.03. The Morgan fingerprint density at radius 2 is 1.85 bits per heavy atom. The van der Waals surface area contributed by atoms with Gasteiger partial charge in [-0.15, -0.1) is 0 Å². The maximum Gasteiger partial charge on any atom is 0.226 e. The van der Waals surface area contributed by atoms with E-state index in [0.717, 1.165) is 49.6 Å². The topological polar surface area (TPSA) is 66.4 Å². The summed E-state index contributed by atoms with van der Waals surface area (Å²) in [7, 11) is 0. The van der Waals surface area contributed by atoms with Gasteiger partial charge in [0.25, 0.3) is 0 Å². The second-order valence-electron chi connectivity index (χ2n) is 8.80. The Morgan fingerprint density at radius 3 is 2.56 bits per heavy atom. The summed E-state index contributed by atoms with van der Waals surface area (Å²) in [5.74, 6) is 3.24. The molecule has 2 saturated carbocycles. The molecule has 6 heteroatoms. The molecule has 0 aromatic carbocycles. The molecule has 6 nitrogen and oxygen atoms in total. The molecule has 1 aromatic heterocycles. The van der Waals surface area contributed by atoms with Gasteiger partial charge in [-0.1, -0.05) is 12.8 Å². The van der Waals surface area contributed by atoms with Crippen LogP contribution in [0, 0.1) is 17.8 Å². The number of amides is 2. The monoisotopic (exact) mass is 368 g/mol. The molecule has 27 heavy (non-hydrogen) atoms. The van der Waals surface area contributed by atoms with Crippen molar-refractivity contribution in [3.8, 4) is 0 Å². The van der Waals surface area contributed by atoms with Gasteiger partial charge in [0.15, 0.2) is 0 Å². The summed E-state index contributed by atoms with van der Waals surface area (Å²) in [6.45, 7) is 4.59. The first-order chi connectivity index (χ1) is 13.1. The molecular weight excluding hydrogens is 340 g/mol. The molecule has 3 atom stereocenters. The molecule has 0 radical (unpaired) electrons. The molecule has 2 amide bonds. The number of carbonyl (C=O) groups excluding carboxylic acids is 2. The van der Waals surface area contributed by atoms with Gasteiger partial charge in [-0.3, -0.25) is 9.59 Å². The van der Waals surface area contributed by atoms with Gasteiger partial charge in [0.2, 0.25) is 11.8 Å². The zero-order chi connectivity index (χ0) is 18.5. The zero-order valence-corrected chi connectivity index (χ0v) is 16.1. The molecule has 0 bridgehead atoms. The van der Waals surface area contributed by atoms with E-state index in [0.29, 0.717) is 30.2 Å². The standard InChI is InChI=1S/C21H28N4O2/c1-13(26)24-8-6-14(11-24)20-22-10-15-12-25(9-7-18(15)23-20)21(27)19-16-4-2-3-5-17(16)19/h10,14,16-17,19H,2-9,11-12H2,1H3. The van der Waals surface area contributed by atoms with Crippen LogP contribution in [0.1, 0.15) is 62.0 Å². The van der Waals surface area contributed by atoms with E-state index in [-0.39, 0.29) is 11.8 Å². The summed E-state index contributed by atoms with van der Waals surface area (Å²) in [6.07, 6.45) is 8.77. The van der Waals surface area contributed by atoms with Gasteiger partial charge in [-0.2, -0.15) is 0 Å². The Bertz CT molecular complexity index is 767. The van der Waals surface area contributed by atoms with Gasteiger partial charge in [0.05, 0.1) is 5.69 Å². The first-order valence-corrected chi connectivity index (χ1v) is 10.5. The molecule has 1 aromatic rings. The van der Waals surface area contributed by atoms with E-state index < -0.39 is 0 Å². The van der Waals surface area contributed by atoms with Crippen molar-refractivity contribution >= 4 is 11.8 Å². The lowest BCUT2D eigenvalue weighted by atomic mass is 10.0. The van der Waals surface area contributed by atoms with Crippen LogP contribution >= 0.6 is 0 Å². The number of hydrogen-bond donors (Lipinski definition) is 0. The third-order valence-corrected chi connectivity index (χ3v) is 7.20. The Morgan fingerprint density at radius 1 is 1.07 bits per heavy atom. The number of carbonyl (C=O) groups is 2. The normalized spacial score (nSPS) is 32.0. The van der Waals surface area contributed by atoms with E-state index in [1.54, 1.807) is 6.92 Å². The van der Waals surface area contributed by atoms with Crippen molar-refractivity contribution in [2.75, 3.05) is 19.6 Å². The van der Waals surface area contributed by atoms with Gasteiger partial charge in [-0.25, -0.2) is 9.97 Å². The molecule has 0 N–H and O–H groups in total. The second-order valence-corrected chi connectivity index (χ2v) is 8.80.